The van der Waals surface area contributed by atoms with E-state index in [9.17, 15) is 0 Å². The van der Waals surface area contributed by atoms with Crippen LogP contribution in [0.4, 0.5) is 0 Å². The first-order valence-corrected chi connectivity index (χ1v) is 6.98. The Kier molecular flexibility index (Phi) is 4.03. The van der Waals surface area contributed by atoms with E-state index in [4.69, 9.17) is 5.73 Å². The quantitative estimate of drug-likeness (QED) is 0.928. The maximum atomic E-state index is 5.90. The largest absolute Gasteiger partial charge is 0.330 e. The fraction of sp³-hybridized carbons (Fsp3) is 0.750. The molecule has 2 N–H and O–H groups in total. The summed E-state index contributed by atoms with van der Waals surface area (Å²) in [4.78, 5) is 0. The van der Waals surface area contributed by atoms with Gasteiger partial charge in [-0.2, -0.15) is 5.10 Å². The molecule has 2 unspecified atom stereocenters. The molecule has 0 aliphatic heterocycles. The number of aromatic nitrogens is 2. The highest BCUT2D eigenvalue weighted by atomic mass is 79.9. The van der Waals surface area contributed by atoms with Gasteiger partial charge in [-0.05, 0) is 48.2 Å². The predicted molar refractivity (Wildman–Crippen MR) is 69.4 cm³/mol. The summed E-state index contributed by atoms with van der Waals surface area (Å²) in [5.41, 5.74) is 7.26. The monoisotopic (exact) mass is 285 g/mol. The van der Waals surface area contributed by atoms with Gasteiger partial charge < -0.3 is 5.73 Å². The van der Waals surface area contributed by atoms with Crippen molar-refractivity contribution in [2.45, 2.75) is 45.1 Å². The zero-order valence-corrected chi connectivity index (χ0v) is 11.4. The molecule has 1 aromatic rings. The third kappa shape index (κ3) is 2.18. The third-order valence-corrected chi connectivity index (χ3v) is 4.31. The van der Waals surface area contributed by atoms with E-state index in [1.807, 2.05) is 6.20 Å². The summed E-state index contributed by atoms with van der Waals surface area (Å²) in [7, 11) is 0. The van der Waals surface area contributed by atoms with Gasteiger partial charge in [-0.15, -0.1) is 0 Å². The van der Waals surface area contributed by atoms with Gasteiger partial charge >= 0.3 is 0 Å². The Hall–Kier alpha value is -0.350. The van der Waals surface area contributed by atoms with Crippen LogP contribution in [0.5, 0.6) is 0 Å². The Bertz CT molecular complexity index is 348. The van der Waals surface area contributed by atoms with Crippen LogP contribution in [0.3, 0.4) is 0 Å². The van der Waals surface area contributed by atoms with Gasteiger partial charge in [0.15, 0.2) is 0 Å². The fourth-order valence-corrected chi connectivity index (χ4v) is 3.43. The van der Waals surface area contributed by atoms with Crippen molar-refractivity contribution < 1.29 is 0 Å². The van der Waals surface area contributed by atoms with Gasteiger partial charge in [-0.25, -0.2) is 0 Å². The Morgan fingerprint density at radius 3 is 2.94 bits per heavy atom. The highest BCUT2D eigenvalue weighted by Crippen LogP contribution is 2.39. The van der Waals surface area contributed by atoms with Crippen molar-refractivity contribution in [3.63, 3.8) is 0 Å². The second-order valence-corrected chi connectivity index (χ2v) is 5.43. The molecule has 0 aromatic carbocycles. The molecule has 4 heteroatoms. The molecule has 1 fully saturated rings. The molecular weight excluding hydrogens is 266 g/mol. The van der Waals surface area contributed by atoms with Crippen LogP contribution in [-0.4, -0.2) is 16.3 Å². The molecule has 1 aliphatic carbocycles. The van der Waals surface area contributed by atoms with Crippen LogP contribution in [-0.2, 0) is 6.54 Å². The molecule has 0 amide bonds. The van der Waals surface area contributed by atoms with E-state index in [1.165, 1.54) is 31.4 Å². The van der Waals surface area contributed by atoms with Gasteiger partial charge in [0, 0.05) is 12.5 Å². The normalized spacial score (nSPS) is 25.9. The molecule has 0 bridgehead atoms. The molecule has 0 saturated heterocycles. The van der Waals surface area contributed by atoms with Gasteiger partial charge in [0.25, 0.3) is 0 Å². The van der Waals surface area contributed by atoms with Gasteiger partial charge in [0.2, 0.25) is 0 Å². The van der Waals surface area contributed by atoms with Gasteiger partial charge in [0.05, 0.1) is 16.4 Å². The van der Waals surface area contributed by atoms with Crippen LogP contribution >= 0.6 is 15.9 Å². The minimum absolute atomic E-state index is 0.593. The first-order chi connectivity index (χ1) is 7.77. The summed E-state index contributed by atoms with van der Waals surface area (Å²) in [5.74, 6) is 1.22. The Morgan fingerprint density at radius 1 is 1.50 bits per heavy atom. The maximum absolute atomic E-state index is 5.90. The van der Waals surface area contributed by atoms with Crippen LogP contribution in [0.1, 0.15) is 44.2 Å². The first-order valence-electron chi connectivity index (χ1n) is 6.19. The van der Waals surface area contributed by atoms with E-state index in [0.717, 1.165) is 17.6 Å². The molecule has 0 radical (unpaired) electrons. The molecule has 0 spiro atoms. The van der Waals surface area contributed by atoms with E-state index in [-0.39, 0.29) is 0 Å². The smallest absolute Gasteiger partial charge is 0.0635 e. The van der Waals surface area contributed by atoms with Crippen LogP contribution in [0.25, 0.3) is 0 Å². The van der Waals surface area contributed by atoms with E-state index in [0.29, 0.717) is 11.8 Å². The summed E-state index contributed by atoms with van der Waals surface area (Å²) in [6.07, 6.45) is 7.09. The summed E-state index contributed by atoms with van der Waals surface area (Å²) >= 11 is 3.63. The van der Waals surface area contributed by atoms with E-state index >= 15 is 0 Å². The van der Waals surface area contributed by atoms with Crippen LogP contribution in [0, 0.1) is 5.92 Å². The average molecular weight is 286 g/mol. The Labute approximate surface area is 106 Å². The van der Waals surface area contributed by atoms with E-state index in [2.05, 4.69) is 32.6 Å². The summed E-state index contributed by atoms with van der Waals surface area (Å²) in [6, 6.07) is 0. The number of rotatable bonds is 3. The van der Waals surface area contributed by atoms with Crippen LogP contribution in [0.2, 0.25) is 0 Å². The summed E-state index contributed by atoms with van der Waals surface area (Å²) in [5, 5.41) is 4.41. The van der Waals surface area contributed by atoms with Crippen molar-refractivity contribution in [2.75, 3.05) is 6.54 Å². The second kappa shape index (κ2) is 5.32. The van der Waals surface area contributed by atoms with E-state index < -0.39 is 0 Å². The minimum atomic E-state index is 0.593. The zero-order valence-electron chi connectivity index (χ0n) is 9.82. The lowest BCUT2D eigenvalue weighted by molar-refractivity contribution is 0.300. The Morgan fingerprint density at radius 2 is 2.25 bits per heavy atom. The molecule has 1 aromatic heterocycles. The number of halogens is 1. The second-order valence-electron chi connectivity index (χ2n) is 4.58. The molecule has 1 saturated carbocycles. The van der Waals surface area contributed by atoms with E-state index in [1.54, 1.807) is 0 Å². The molecule has 1 aliphatic rings. The average Bonchev–Trinajstić information content (AvgIpc) is 2.70. The molecule has 3 nitrogen and oxygen atoms in total. The zero-order chi connectivity index (χ0) is 11.5. The van der Waals surface area contributed by atoms with Crippen molar-refractivity contribution >= 4 is 15.9 Å². The number of aryl methyl sites for hydroxylation is 1. The van der Waals surface area contributed by atoms with Crippen molar-refractivity contribution in [1.82, 2.24) is 9.78 Å². The lowest BCUT2D eigenvalue weighted by Crippen LogP contribution is -2.27. The topological polar surface area (TPSA) is 43.8 Å². The number of hydrogen-bond donors (Lipinski definition) is 1. The minimum Gasteiger partial charge on any atom is -0.330 e. The molecule has 2 rings (SSSR count). The standard InChI is InChI=1S/C12H20BrN3/c1-2-16-12(11(13)8-15-16)10-6-4-3-5-9(10)7-14/h8-10H,2-7,14H2,1H3. The molecule has 1 heterocycles. The lowest BCUT2D eigenvalue weighted by atomic mass is 9.77. The predicted octanol–water partition coefficient (Wildman–Crippen LogP) is 2.90. The summed E-state index contributed by atoms with van der Waals surface area (Å²) in [6.45, 7) is 3.88. The van der Waals surface area contributed by atoms with Crippen molar-refractivity contribution in [3.05, 3.63) is 16.4 Å². The number of nitrogens with two attached hydrogens (primary N) is 1. The third-order valence-electron chi connectivity index (χ3n) is 3.70. The number of nitrogens with zero attached hydrogens (tertiary/aromatic N) is 2. The molecule has 2 atom stereocenters. The molecule has 90 valence electrons. The van der Waals surface area contributed by atoms with Gasteiger partial charge in [-0.3, -0.25) is 4.68 Å². The molecular formula is C12H20BrN3. The highest BCUT2D eigenvalue weighted by Gasteiger charge is 2.29. The van der Waals surface area contributed by atoms with Crippen molar-refractivity contribution in [2.24, 2.45) is 11.7 Å². The maximum Gasteiger partial charge on any atom is 0.0635 e. The van der Waals surface area contributed by atoms with Crippen LogP contribution < -0.4 is 5.73 Å². The highest BCUT2D eigenvalue weighted by molar-refractivity contribution is 9.10. The molecule has 16 heavy (non-hydrogen) atoms. The van der Waals surface area contributed by atoms with Gasteiger partial charge in [0.1, 0.15) is 0 Å². The van der Waals surface area contributed by atoms with Crippen molar-refractivity contribution in [1.29, 1.82) is 0 Å². The Balaban J connectivity index is 2.29. The SMILES string of the molecule is CCn1ncc(Br)c1C1CCCCC1CN. The van der Waals surface area contributed by atoms with Crippen molar-refractivity contribution in [3.8, 4) is 0 Å². The van der Waals surface area contributed by atoms with Gasteiger partial charge in [-0.1, -0.05) is 12.8 Å². The fourth-order valence-electron chi connectivity index (χ4n) is 2.84. The van der Waals surface area contributed by atoms with Crippen LogP contribution in [0.15, 0.2) is 10.7 Å². The first kappa shape index (κ1) is 12.1. The lowest BCUT2D eigenvalue weighted by Gasteiger charge is -2.31. The summed E-state index contributed by atoms with van der Waals surface area (Å²) < 4.78 is 3.27. The number of hydrogen-bond acceptors (Lipinski definition) is 2.